The van der Waals surface area contributed by atoms with E-state index < -0.39 is 0 Å². The van der Waals surface area contributed by atoms with Crippen LogP contribution in [0, 0.1) is 0 Å². The van der Waals surface area contributed by atoms with Gasteiger partial charge in [-0.05, 0) is 87.9 Å². The molecule has 4 aromatic heterocycles. The maximum atomic E-state index is 12.6. The van der Waals surface area contributed by atoms with Gasteiger partial charge in [-0.15, -0.1) is 0 Å². The van der Waals surface area contributed by atoms with Gasteiger partial charge in [0.15, 0.2) is 0 Å². The number of hydrogen-bond acceptors (Lipinski definition) is 10. The smallest absolute Gasteiger partial charge is 0.251 e. The van der Waals surface area contributed by atoms with Crippen LogP contribution in [0.4, 0.5) is 0 Å². The van der Waals surface area contributed by atoms with E-state index in [1.165, 1.54) is 0 Å². The Kier molecular flexibility index (Phi) is 14.9. The summed E-state index contributed by atoms with van der Waals surface area (Å²) in [5.41, 5.74) is 5.80. The zero-order chi connectivity index (χ0) is 41.5. The van der Waals surface area contributed by atoms with E-state index in [-0.39, 0.29) is 11.8 Å². The highest BCUT2D eigenvalue weighted by Crippen LogP contribution is 2.34. The Labute approximate surface area is 349 Å². The van der Waals surface area contributed by atoms with Crippen LogP contribution in [0.3, 0.4) is 0 Å². The molecule has 1 fully saturated rings. The maximum Gasteiger partial charge on any atom is 0.251 e. The fourth-order valence-electron chi connectivity index (χ4n) is 7.36. The summed E-state index contributed by atoms with van der Waals surface area (Å²) in [6.07, 6.45) is 15.1. The first kappa shape index (κ1) is 42.0. The molecule has 0 unspecified atom stereocenters. The van der Waals surface area contributed by atoms with E-state index in [9.17, 15) is 9.59 Å². The minimum Gasteiger partial charge on any atom is -0.493 e. The third-order valence-electron chi connectivity index (χ3n) is 10.5. The van der Waals surface area contributed by atoms with Crippen molar-refractivity contribution in [1.82, 2.24) is 40.5 Å². The number of pyridine rings is 2. The molecule has 2 aliphatic rings. The van der Waals surface area contributed by atoms with E-state index in [1.807, 2.05) is 56.3 Å². The van der Waals surface area contributed by atoms with Gasteiger partial charge >= 0.3 is 0 Å². The zero-order valence-electron chi connectivity index (χ0n) is 34.4. The van der Waals surface area contributed by atoms with Crippen molar-refractivity contribution in [2.45, 2.75) is 64.7 Å². The lowest BCUT2D eigenvalue weighted by molar-refractivity contribution is 0.0845. The molecule has 8 rings (SSSR count). The highest BCUT2D eigenvalue weighted by atomic mass is 16.5. The monoisotopic (exact) mass is 814 g/mol. The topological polar surface area (TPSA) is 178 Å². The van der Waals surface area contributed by atoms with Gasteiger partial charge in [0.1, 0.15) is 23.1 Å². The molecule has 2 aromatic carbocycles. The van der Waals surface area contributed by atoms with Gasteiger partial charge in [0, 0.05) is 110 Å². The van der Waals surface area contributed by atoms with Gasteiger partial charge in [0.2, 0.25) is 0 Å². The molecule has 60 heavy (non-hydrogen) atoms. The molecule has 4 N–H and O–H groups in total. The van der Waals surface area contributed by atoms with Gasteiger partial charge in [-0.1, -0.05) is 6.08 Å². The van der Waals surface area contributed by atoms with Crippen molar-refractivity contribution in [1.29, 1.82) is 0 Å². The normalized spacial score (nSPS) is 14.3. The van der Waals surface area contributed by atoms with E-state index in [2.05, 4.69) is 42.7 Å². The van der Waals surface area contributed by atoms with Crippen molar-refractivity contribution < 1.29 is 28.5 Å². The highest BCUT2D eigenvalue weighted by Gasteiger charge is 2.20. The second-order valence-corrected chi connectivity index (χ2v) is 14.6. The first-order valence-corrected chi connectivity index (χ1v) is 21.0. The summed E-state index contributed by atoms with van der Waals surface area (Å²) in [5.74, 6) is 3.64. The second kappa shape index (κ2) is 21.2. The third-order valence-corrected chi connectivity index (χ3v) is 10.5. The van der Waals surface area contributed by atoms with Crippen LogP contribution in [-0.2, 0) is 22.3 Å². The number of carbonyl (C=O) groups excluding carboxylic acids is 2. The molecule has 0 atom stereocenters. The minimum absolute atomic E-state index is 0.0902. The molecule has 6 heterocycles. The molecule has 0 spiro atoms. The first-order valence-electron chi connectivity index (χ1n) is 21.0. The summed E-state index contributed by atoms with van der Waals surface area (Å²) in [6.45, 7) is 9.08. The van der Waals surface area contributed by atoms with E-state index in [1.54, 1.807) is 24.8 Å². The lowest BCUT2D eigenvalue weighted by atomic mass is 9.95. The number of imidazole rings is 2. The maximum absolute atomic E-state index is 12.6. The number of H-pyrrole nitrogens is 2. The van der Waals surface area contributed by atoms with Gasteiger partial charge < -0.3 is 39.5 Å². The quantitative estimate of drug-likeness (QED) is 0.0735. The van der Waals surface area contributed by atoms with Gasteiger partial charge in [-0.2, -0.15) is 0 Å². The Morgan fingerprint density at radius 3 is 1.85 bits per heavy atom. The molecule has 314 valence electrons. The highest BCUT2D eigenvalue weighted by molar-refractivity contribution is 6.00. The van der Waals surface area contributed by atoms with E-state index in [0.717, 1.165) is 120 Å². The Morgan fingerprint density at radius 2 is 1.32 bits per heavy atom. The number of ether oxygens (including phenoxy) is 4. The zero-order valence-corrected chi connectivity index (χ0v) is 34.4. The minimum atomic E-state index is -0.105. The number of aromatic nitrogens is 6. The van der Waals surface area contributed by atoms with Gasteiger partial charge in [-0.3, -0.25) is 14.6 Å². The van der Waals surface area contributed by atoms with Crippen molar-refractivity contribution in [3.05, 3.63) is 114 Å². The molecule has 0 aliphatic carbocycles. The molecule has 2 aliphatic heterocycles. The van der Waals surface area contributed by atoms with Crippen LogP contribution in [-0.4, -0.2) is 94.4 Å². The van der Waals surface area contributed by atoms with Crippen molar-refractivity contribution in [3.8, 4) is 11.5 Å². The number of nitrogens with zero attached hydrogens (tertiary/aromatic N) is 4. The summed E-state index contributed by atoms with van der Waals surface area (Å²) in [4.78, 5) is 49.5. The van der Waals surface area contributed by atoms with Crippen molar-refractivity contribution in [2.24, 2.45) is 0 Å². The average molecular weight is 815 g/mol. The van der Waals surface area contributed by atoms with Crippen LogP contribution >= 0.6 is 0 Å². The fourth-order valence-corrected chi connectivity index (χ4v) is 7.36. The van der Waals surface area contributed by atoms with Crippen molar-refractivity contribution >= 4 is 39.2 Å². The lowest BCUT2D eigenvalue weighted by Gasteiger charge is -2.22. The van der Waals surface area contributed by atoms with Crippen LogP contribution < -0.4 is 20.1 Å². The van der Waals surface area contributed by atoms with Crippen molar-refractivity contribution in [2.75, 3.05) is 52.7 Å². The Balaban J connectivity index is 0.000000181. The van der Waals surface area contributed by atoms with Crippen LogP contribution in [0.25, 0.3) is 27.4 Å². The van der Waals surface area contributed by atoms with Crippen LogP contribution in [0.2, 0.25) is 0 Å². The standard InChI is InChI=1S/C23H28N4O3.C23H26N4O3/c2*1-2-30-21-15-19(16-7-12-29-13-8-16)27-20-14-17(5-6-18(20)21)23(28)26-9-3-4-22-24-10-11-25-22/h5-6,10-11,14-16H,2-4,7-9,12-13H2,1H3,(H,24,25)(H,26,28);5-7,10-11,14-15H,2-4,8-9,12-13H2,1H3,(H,24,25)(H,26,28). The van der Waals surface area contributed by atoms with Gasteiger partial charge in [0.05, 0.1) is 43.2 Å². The van der Waals surface area contributed by atoms with E-state index in [0.29, 0.717) is 56.6 Å². The molecule has 0 bridgehead atoms. The number of carbonyl (C=O) groups is 2. The third kappa shape index (κ3) is 11.1. The number of aryl methyl sites for hydroxylation is 2. The second-order valence-electron chi connectivity index (χ2n) is 14.6. The van der Waals surface area contributed by atoms with E-state index in [4.69, 9.17) is 28.9 Å². The summed E-state index contributed by atoms with van der Waals surface area (Å²) in [6, 6.07) is 15.2. The Bertz CT molecular complexity index is 2360. The largest absolute Gasteiger partial charge is 0.493 e. The summed E-state index contributed by atoms with van der Waals surface area (Å²) >= 11 is 0. The number of rotatable bonds is 16. The number of nitrogens with one attached hydrogen (secondary N) is 4. The van der Waals surface area contributed by atoms with Crippen LogP contribution in [0.1, 0.15) is 95.6 Å². The number of amides is 2. The molecule has 6 aromatic rings. The molecular weight excluding hydrogens is 761 g/mol. The summed E-state index contributed by atoms with van der Waals surface area (Å²) in [7, 11) is 0. The average Bonchev–Trinajstić information content (AvgIpc) is 4.02. The number of benzene rings is 2. The SMILES string of the molecule is CCOc1cc(C2=CCOCC2)nc2cc(C(=O)NCCCc3ncc[nH]3)ccc12.CCOc1cc(C2CCOCC2)nc2cc(C(=O)NCCCc3ncc[nH]3)ccc12. The molecule has 14 nitrogen and oxygen atoms in total. The lowest BCUT2D eigenvalue weighted by Crippen LogP contribution is -2.24. The van der Waals surface area contributed by atoms with Crippen molar-refractivity contribution in [3.63, 3.8) is 0 Å². The molecule has 14 heteroatoms. The molecule has 2 amide bonds. The van der Waals surface area contributed by atoms with Crippen LogP contribution in [0.15, 0.2) is 79.4 Å². The first-order chi connectivity index (χ1) is 29.5. The summed E-state index contributed by atoms with van der Waals surface area (Å²) in [5, 5.41) is 7.80. The summed E-state index contributed by atoms with van der Waals surface area (Å²) < 4.78 is 22.6. The molecule has 0 saturated carbocycles. The van der Waals surface area contributed by atoms with E-state index >= 15 is 0 Å². The molecular formula is C46H54N8O6. The predicted molar refractivity (Wildman–Crippen MR) is 231 cm³/mol. The molecule has 1 saturated heterocycles. The number of fused-ring (bicyclic) bond motifs is 2. The number of aromatic amines is 2. The fraction of sp³-hybridized carbons (Fsp3) is 0.391. The van der Waals surface area contributed by atoms with Crippen LogP contribution in [0.5, 0.6) is 11.5 Å². The Hall–Kier alpha value is -6.12. The Morgan fingerprint density at radius 1 is 0.733 bits per heavy atom. The predicted octanol–water partition coefficient (Wildman–Crippen LogP) is 7.14. The molecule has 0 radical (unpaired) electrons. The van der Waals surface area contributed by atoms with Gasteiger partial charge in [0.25, 0.3) is 11.8 Å². The number of hydrogen-bond donors (Lipinski definition) is 4. The van der Waals surface area contributed by atoms with Gasteiger partial charge in [-0.25, -0.2) is 15.0 Å².